The Morgan fingerprint density at radius 1 is 1.23 bits per heavy atom. The molecule has 0 aliphatic carbocycles. The van der Waals surface area contributed by atoms with E-state index in [4.69, 9.17) is 10.00 Å². The van der Waals surface area contributed by atoms with E-state index in [2.05, 4.69) is 16.0 Å². The number of aryl methyl sites for hydroxylation is 1. The predicted molar refractivity (Wildman–Crippen MR) is 118 cm³/mol. The Kier molecular flexibility index (Phi) is 5.63. The molecule has 0 aliphatic heterocycles. The van der Waals surface area contributed by atoms with E-state index in [0.717, 1.165) is 16.5 Å². The normalized spacial score (nSPS) is 12.3. The first-order valence-corrected chi connectivity index (χ1v) is 9.89. The van der Waals surface area contributed by atoms with Crippen LogP contribution in [0, 0.1) is 11.3 Å². The molecule has 0 saturated heterocycles. The van der Waals surface area contributed by atoms with Gasteiger partial charge in [-0.2, -0.15) is 5.26 Å². The Hall–Kier alpha value is -4.18. The summed E-state index contributed by atoms with van der Waals surface area (Å²) in [5.41, 5.74) is 2.13. The molecule has 0 bridgehead atoms. The monoisotopic (exact) mass is 412 g/mol. The fraction of sp³-hybridized carbons (Fsp3) is 0.167. The zero-order valence-corrected chi connectivity index (χ0v) is 16.9. The summed E-state index contributed by atoms with van der Waals surface area (Å²) in [5.74, 6) is -0.254. The second kappa shape index (κ2) is 8.67. The van der Waals surface area contributed by atoms with Gasteiger partial charge in [0.15, 0.2) is 11.9 Å². The topological polar surface area (TPSA) is 101 Å². The van der Waals surface area contributed by atoms with Crippen molar-refractivity contribution in [2.45, 2.75) is 26.0 Å². The standard InChI is InChI=1S/C24H20N4O3/c1-16(23-26-20-9-4-2-8-19(20)24(30)27-23)31-22(29)12-11-17-15-28(14-6-13-25)21-10-5-3-7-18(17)21/h2-5,7-12,15-16H,6,14H2,1H3,(H,26,27,30)/b12-11+/t16-/m0/s1. The molecule has 0 unspecified atom stereocenters. The molecule has 4 rings (SSSR count). The lowest BCUT2D eigenvalue weighted by molar-refractivity contribution is -0.142. The first-order valence-electron chi connectivity index (χ1n) is 9.89. The van der Waals surface area contributed by atoms with E-state index in [-0.39, 0.29) is 5.56 Å². The minimum Gasteiger partial charge on any atom is -0.451 e. The number of carbonyl (C=O) groups is 1. The minimum absolute atomic E-state index is 0.274. The summed E-state index contributed by atoms with van der Waals surface area (Å²) in [6, 6.07) is 17.0. The maximum absolute atomic E-state index is 12.4. The summed E-state index contributed by atoms with van der Waals surface area (Å²) in [6.07, 6.45) is 4.64. The van der Waals surface area contributed by atoms with Crippen LogP contribution in [0.4, 0.5) is 0 Å². The molecule has 2 aromatic heterocycles. The Labute approximate surface area is 178 Å². The van der Waals surface area contributed by atoms with Crippen LogP contribution in [0.2, 0.25) is 0 Å². The zero-order chi connectivity index (χ0) is 21.8. The highest BCUT2D eigenvalue weighted by Gasteiger charge is 2.14. The average molecular weight is 412 g/mol. The number of rotatable bonds is 6. The van der Waals surface area contributed by atoms with Crippen molar-refractivity contribution in [2.24, 2.45) is 0 Å². The van der Waals surface area contributed by atoms with Crippen molar-refractivity contribution in [2.75, 3.05) is 0 Å². The van der Waals surface area contributed by atoms with Crippen LogP contribution >= 0.6 is 0 Å². The van der Waals surface area contributed by atoms with Crippen LogP contribution in [-0.4, -0.2) is 20.5 Å². The Bertz CT molecular complexity index is 1390. The Morgan fingerprint density at radius 3 is 2.77 bits per heavy atom. The van der Waals surface area contributed by atoms with Gasteiger partial charge in [0.05, 0.1) is 23.4 Å². The average Bonchev–Trinajstić information content (AvgIpc) is 3.14. The maximum Gasteiger partial charge on any atom is 0.331 e. The van der Waals surface area contributed by atoms with Crippen molar-refractivity contribution in [1.82, 2.24) is 14.5 Å². The molecule has 2 heterocycles. The number of H-pyrrole nitrogens is 1. The van der Waals surface area contributed by atoms with Crippen molar-refractivity contribution >= 4 is 33.9 Å². The van der Waals surface area contributed by atoms with Crippen LogP contribution in [0.1, 0.15) is 30.8 Å². The third-order valence-corrected chi connectivity index (χ3v) is 4.99. The van der Waals surface area contributed by atoms with E-state index in [1.165, 1.54) is 6.08 Å². The molecular formula is C24H20N4O3. The molecule has 7 heteroatoms. The SMILES string of the molecule is C[C@H](OC(=O)/C=C/c1cn(CCC#N)c2ccccc12)c1nc2ccccc2c(=O)[nH]1. The van der Waals surface area contributed by atoms with E-state index in [1.54, 1.807) is 37.3 Å². The number of carbonyl (C=O) groups excluding carboxylic acids is 1. The molecule has 0 aliphatic rings. The second-order valence-corrected chi connectivity index (χ2v) is 7.08. The number of para-hydroxylation sites is 2. The Morgan fingerprint density at radius 2 is 1.97 bits per heavy atom. The van der Waals surface area contributed by atoms with Crippen LogP contribution in [0.5, 0.6) is 0 Å². The molecule has 154 valence electrons. The van der Waals surface area contributed by atoms with E-state index in [1.807, 2.05) is 35.0 Å². The first kappa shape index (κ1) is 20.1. The third kappa shape index (κ3) is 4.23. The van der Waals surface area contributed by atoms with Crippen molar-refractivity contribution in [3.63, 3.8) is 0 Å². The summed E-state index contributed by atoms with van der Waals surface area (Å²) >= 11 is 0. The number of aromatic nitrogens is 3. The lowest BCUT2D eigenvalue weighted by Gasteiger charge is -2.11. The van der Waals surface area contributed by atoms with Gasteiger partial charge >= 0.3 is 5.97 Å². The van der Waals surface area contributed by atoms with Crippen LogP contribution < -0.4 is 5.56 Å². The van der Waals surface area contributed by atoms with E-state index < -0.39 is 12.1 Å². The molecule has 1 atom stereocenters. The number of nitriles is 1. The van der Waals surface area contributed by atoms with E-state index in [0.29, 0.717) is 29.7 Å². The molecule has 0 radical (unpaired) electrons. The number of fused-ring (bicyclic) bond motifs is 2. The molecule has 0 saturated carbocycles. The number of hydrogen-bond donors (Lipinski definition) is 1. The number of esters is 1. The van der Waals surface area contributed by atoms with Crippen molar-refractivity contribution < 1.29 is 9.53 Å². The van der Waals surface area contributed by atoms with Gasteiger partial charge in [-0.3, -0.25) is 4.79 Å². The number of benzene rings is 2. The zero-order valence-electron chi connectivity index (χ0n) is 16.9. The number of nitrogens with one attached hydrogen (secondary N) is 1. The van der Waals surface area contributed by atoms with Crippen LogP contribution in [-0.2, 0) is 16.1 Å². The van der Waals surface area contributed by atoms with Gasteiger partial charge in [-0.1, -0.05) is 30.3 Å². The van der Waals surface area contributed by atoms with Gasteiger partial charge in [-0.15, -0.1) is 0 Å². The molecule has 0 fully saturated rings. The highest BCUT2D eigenvalue weighted by molar-refractivity contribution is 5.94. The van der Waals surface area contributed by atoms with Gasteiger partial charge < -0.3 is 14.3 Å². The summed E-state index contributed by atoms with van der Waals surface area (Å²) < 4.78 is 7.43. The van der Waals surface area contributed by atoms with Gasteiger partial charge in [0.2, 0.25) is 0 Å². The fourth-order valence-electron chi connectivity index (χ4n) is 3.49. The summed E-state index contributed by atoms with van der Waals surface area (Å²) in [5, 5.41) is 10.3. The predicted octanol–water partition coefficient (Wildman–Crippen LogP) is 4.11. The molecule has 1 N–H and O–H groups in total. The number of nitrogens with zero attached hydrogens (tertiary/aromatic N) is 3. The van der Waals surface area contributed by atoms with Crippen molar-refractivity contribution in [3.05, 3.63) is 82.5 Å². The summed E-state index contributed by atoms with van der Waals surface area (Å²) in [4.78, 5) is 31.7. The number of ether oxygens (including phenoxy) is 1. The van der Waals surface area contributed by atoms with Crippen LogP contribution in [0.15, 0.2) is 65.6 Å². The Balaban J connectivity index is 1.53. The largest absolute Gasteiger partial charge is 0.451 e. The molecular weight excluding hydrogens is 392 g/mol. The smallest absolute Gasteiger partial charge is 0.331 e. The molecule has 7 nitrogen and oxygen atoms in total. The van der Waals surface area contributed by atoms with Crippen molar-refractivity contribution in [1.29, 1.82) is 5.26 Å². The van der Waals surface area contributed by atoms with E-state index >= 15 is 0 Å². The van der Waals surface area contributed by atoms with Gasteiger partial charge in [0, 0.05) is 35.3 Å². The minimum atomic E-state index is -0.716. The van der Waals surface area contributed by atoms with Gasteiger partial charge in [0.1, 0.15) is 0 Å². The number of hydrogen-bond acceptors (Lipinski definition) is 5. The van der Waals surface area contributed by atoms with Crippen LogP contribution in [0.25, 0.3) is 27.9 Å². The highest BCUT2D eigenvalue weighted by Crippen LogP contribution is 2.23. The van der Waals surface area contributed by atoms with Crippen LogP contribution in [0.3, 0.4) is 0 Å². The lowest BCUT2D eigenvalue weighted by Crippen LogP contribution is -2.16. The van der Waals surface area contributed by atoms with Gasteiger partial charge in [0.25, 0.3) is 5.56 Å². The quantitative estimate of drug-likeness (QED) is 0.379. The highest BCUT2D eigenvalue weighted by atomic mass is 16.5. The number of aromatic amines is 1. The molecule has 2 aromatic carbocycles. The molecule has 31 heavy (non-hydrogen) atoms. The van der Waals surface area contributed by atoms with Crippen molar-refractivity contribution in [3.8, 4) is 6.07 Å². The molecule has 0 spiro atoms. The molecule has 0 amide bonds. The second-order valence-electron chi connectivity index (χ2n) is 7.08. The summed E-state index contributed by atoms with van der Waals surface area (Å²) in [7, 11) is 0. The van der Waals surface area contributed by atoms with Gasteiger partial charge in [-0.05, 0) is 31.2 Å². The summed E-state index contributed by atoms with van der Waals surface area (Å²) in [6.45, 7) is 2.24. The van der Waals surface area contributed by atoms with Gasteiger partial charge in [-0.25, -0.2) is 9.78 Å². The lowest BCUT2D eigenvalue weighted by atomic mass is 10.1. The van der Waals surface area contributed by atoms with E-state index in [9.17, 15) is 9.59 Å². The maximum atomic E-state index is 12.4. The fourth-order valence-corrected chi connectivity index (χ4v) is 3.49. The third-order valence-electron chi connectivity index (χ3n) is 4.99. The first-order chi connectivity index (χ1) is 15.1. The molecule has 4 aromatic rings.